The maximum Gasteiger partial charge on any atom is 0.409 e. The molecule has 0 rings (SSSR count). The van der Waals surface area contributed by atoms with Gasteiger partial charge in [-0.1, -0.05) is 0 Å². The third-order valence-electron chi connectivity index (χ3n) is 1.68. The van der Waals surface area contributed by atoms with Crippen LogP contribution in [0.15, 0.2) is 0 Å². The van der Waals surface area contributed by atoms with E-state index < -0.39 is 0 Å². The molecule has 0 aromatic rings. The summed E-state index contributed by atoms with van der Waals surface area (Å²) in [6.07, 6.45) is -0.329. The first-order chi connectivity index (χ1) is 5.79. The molecule has 1 amide bonds. The van der Waals surface area contributed by atoms with E-state index in [4.69, 9.17) is 5.73 Å². The average Bonchev–Trinajstić information content (AvgIpc) is 1.96. The lowest BCUT2D eigenvalue weighted by Crippen LogP contribution is -2.50. The van der Waals surface area contributed by atoms with Crippen molar-refractivity contribution in [3.8, 4) is 0 Å². The number of rotatable bonds is 2. The number of nitrogens with two attached hydrogens (primary N) is 1. The molecule has 0 saturated carbocycles. The van der Waals surface area contributed by atoms with E-state index in [9.17, 15) is 4.79 Å². The maximum atomic E-state index is 11.3. The molecule has 1 unspecified atom stereocenters. The van der Waals surface area contributed by atoms with Crippen molar-refractivity contribution in [1.29, 1.82) is 0 Å². The molecule has 0 aliphatic rings. The lowest BCUT2D eigenvalue weighted by molar-refractivity contribution is 0.0809. The maximum absolute atomic E-state index is 11.3. The van der Waals surface area contributed by atoms with Crippen LogP contribution in [-0.4, -0.2) is 36.2 Å². The summed E-state index contributed by atoms with van der Waals surface area (Å²) in [5.41, 5.74) is 5.38. The Kier molecular flexibility index (Phi) is 4.20. The van der Waals surface area contributed by atoms with Crippen LogP contribution in [0.3, 0.4) is 0 Å². The highest BCUT2D eigenvalue weighted by atomic mass is 16.5. The summed E-state index contributed by atoms with van der Waals surface area (Å²) >= 11 is 0. The molecule has 2 N–H and O–H groups in total. The van der Waals surface area contributed by atoms with Crippen molar-refractivity contribution in [3.63, 3.8) is 0 Å². The highest BCUT2D eigenvalue weighted by Crippen LogP contribution is 2.14. The Morgan fingerprint density at radius 1 is 1.54 bits per heavy atom. The van der Waals surface area contributed by atoms with Crippen molar-refractivity contribution in [2.45, 2.75) is 39.3 Å². The van der Waals surface area contributed by atoms with Crippen LogP contribution >= 0.6 is 0 Å². The van der Waals surface area contributed by atoms with E-state index in [-0.39, 0.29) is 17.7 Å². The predicted molar refractivity (Wildman–Crippen MR) is 52.5 cm³/mol. The average molecular weight is 188 g/mol. The summed E-state index contributed by atoms with van der Waals surface area (Å²) in [5.74, 6) is 0. The summed E-state index contributed by atoms with van der Waals surface area (Å²) in [7, 11) is 1.38. The van der Waals surface area contributed by atoms with Gasteiger partial charge in [0.15, 0.2) is 0 Å². The molecule has 4 heteroatoms. The van der Waals surface area contributed by atoms with E-state index in [1.54, 1.807) is 4.90 Å². The van der Waals surface area contributed by atoms with Crippen molar-refractivity contribution in [2.24, 2.45) is 5.73 Å². The van der Waals surface area contributed by atoms with Crippen molar-refractivity contribution in [2.75, 3.05) is 13.7 Å². The van der Waals surface area contributed by atoms with E-state index in [2.05, 4.69) is 4.74 Å². The van der Waals surface area contributed by atoms with E-state index >= 15 is 0 Å². The normalized spacial score (nSPS) is 13.7. The van der Waals surface area contributed by atoms with Gasteiger partial charge < -0.3 is 15.4 Å². The molecule has 13 heavy (non-hydrogen) atoms. The number of methoxy groups -OCH3 is 1. The van der Waals surface area contributed by atoms with Gasteiger partial charge in [0.05, 0.1) is 7.11 Å². The third-order valence-corrected chi connectivity index (χ3v) is 1.68. The summed E-state index contributed by atoms with van der Waals surface area (Å²) in [6, 6.07) is -0.0432. The monoisotopic (exact) mass is 188 g/mol. The Hall–Kier alpha value is -0.770. The first-order valence-electron chi connectivity index (χ1n) is 4.40. The van der Waals surface area contributed by atoms with Gasteiger partial charge in [-0.3, -0.25) is 0 Å². The minimum atomic E-state index is -0.329. The highest BCUT2D eigenvalue weighted by Gasteiger charge is 2.27. The topological polar surface area (TPSA) is 55.6 Å². The molecular weight excluding hydrogens is 168 g/mol. The second kappa shape index (κ2) is 4.46. The van der Waals surface area contributed by atoms with Gasteiger partial charge in [-0.2, -0.15) is 0 Å². The van der Waals surface area contributed by atoms with Crippen LogP contribution in [-0.2, 0) is 4.74 Å². The molecule has 0 aliphatic carbocycles. The molecular formula is C9H20N2O2. The molecule has 1 atom stereocenters. The quantitative estimate of drug-likeness (QED) is 0.708. The molecule has 0 radical (unpaired) electrons. The number of carbonyl (C=O) groups is 1. The summed E-state index contributed by atoms with van der Waals surface area (Å²) in [5, 5.41) is 0. The molecule has 4 nitrogen and oxygen atoms in total. The van der Waals surface area contributed by atoms with Crippen molar-refractivity contribution in [1.82, 2.24) is 4.90 Å². The van der Waals surface area contributed by atoms with Crippen molar-refractivity contribution >= 4 is 6.09 Å². The molecule has 78 valence electrons. The molecule has 0 aromatic carbocycles. The Morgan fingerprint density at radius 2 is 2.00 bits per heavy atom. The van der Waals surface area contributed by atoms with E-state index in [1.165, 1.54) is 7.11 Å². The fourth-order valence-electron chi connectivity index (χ4n) is 1.02. The number of ether oxygens (including phenoxy) is 1. The van der Waals surface area contributed by atoms with Gasteiger partial charge >= 0.3 is 6.09 Å². The fourth-order valence-corrected chi connectivity index (χ4v) is 1.02. The van der Waals surface area contributed by atoms with E-state index in [1.807, 2.05) is 27.7 Å². The zero-order valence-electron chi connectivity index (χ0n) is 9.13. The standard InChI is InChI=1S/C9H20N2O2/c1-7(10)6-11(8(12)13-5)9(2,3)4/h7H,6,10H2,1-5H3. The van der Waals surface area contributed by atoms with Gasteiger partial charge in [0.25, 0.3) is 0 Å². The number of nitrogens with zero attached hydrogens (tertiary/aromatic N) is 1. The molecule has 0 saturated heterocycles. The second-order valence-corrected chi connectivity index (χ2v) is 4.23. The van der Waals surface area contributed by atoms with Crippen LogP contribution in [0.2, 0.25) is 0 Å². The Balaban J connectivity index is 4.47. The smallest absolute Gasteiger partial charge is 0.409 e. The van der Waals surface area contributed by atoms with Gasteiger partial charge in [0.1, 0.15) is 0 Å². The lowest BCUT2D eigenvalue weighted by atomic mass is 10.1. The highest BCUT2D eigenvalue weighted by molar-refractivity contribution is 5.68. The zero-order chi connectivity index (χ0) is 10.6. The fraction of sp³-hybridized carbons (Fsp3) is 0.889. The number of hydrogen-bond donors (Lipinski definition) is 1. The number of carbonyl (C=O) groups excluding carboxylic acids is 1. The van der Waals surface area contributed by atoms with Gasteiger partial charge in [-0.15, -0.1) is 0 Å². The molecule has 0 fully saturated rings. The summed E-state index contributed by atoms with van der Waals surface area (Å²) in [6.45, 7) is 8.22. The molecule has 0 spiro atoms. The number of hydrogen-bond acceptors (Lipinski definition) is 3. The minimum absolute atomic E-state index is 0.0432. The van der Waals surface area contributed by atoms with Crippen LogP contribution in [0.5, 0.6) is 0 Å². The van der Waals surface area contributed by atoms with Gasteiger partial charge in [0, 0.05) is 18.1 Å². The van der Waals surface area contributed by atoms with E-state index in [0.29, 0.717) is 6.54 Å². The van der Waals surface area contributed by atoms with Crippen molar-refractivity contribution < 1.29 is 9.53 Å². The predicted octanol–water partition coefficient (Wildman–Crippen LogP) is 1.20. The van der Waals surface area contributed by atoms with E-state index in [0.717, 1.165) is 0 Å². The van der Waals surface area contributed by atoms with Gasteiger partial charge in [-0.05, 0) is 27.7 Å². The molecule has 0 aromatic heterocycles. The van der Waals surface area contributed by atoms with Crippen LogP contribution in [0.25, 0.3) is 0 Å². The SMILES string of the molecule is COC(=O)N(CC(C)N)C(C)(C)C. The Labute approximate surface area is 80.0 Å². The first kappa shape index (κ1) is 12.2. The molecule has 0 heterocycles. The largest absolute Gasteiger partial charge is 0.453 e. The summed E-state index contributed by atoms with van der Waals surface area (Å²) in [4.78, 5) is 13.0. The van der Waals surface area contributed by atoms with Crippen LogP contribution < -0.4 is 5.73 Å². The second-order valence-electron chi connectivity index (χ2n) is 4.23. The first-order valence-corrected chi connectivity index (χ1v) is 4.40. The van der Waals surface area contributed by atoms with Gasteiger partial charge in [-0.25, -0.2) is 4.79 Å². The van der Waals surface area contributed by atoms with Crippen LogP contribution in [0, 0.1) is 0 Å². The molecule has 0 bridgehead atoms. The summed E-state index contributed by atoms with van der Waals surface area (Å²) < 4.78 is 4.67. The molecule has 0 aliphatic heterocycles. The Morgan fingerprint density at radius 3 is 2.23 bits per heavy atom. The van der Waals surface area contributed by atoms with Crippen LogP contribution in [0.1, 0.15) is 27.7 Å². The number of amides is 1. The lowest BCUT2D eigenvalue weighted by Gasteiger charge is -2.35. The minimum Gasteiger partial charge on any atom is -0.453 e. The third kappa shape index (κ3) is 4.12. The van der Waals surface area contributed by atoms with Crippen LogP contribution in [0.4, 0.5) is 4.79 Å². The Bertz CT molecular complexity index is 173. The van der Waals surface area contributed by atoms with Gasteiger partial charge in [0.2, 0.25) is 0 Å². The van der Waals surface area contributed by atoms with Crippen molar-refractivity contribution in [3.05, 3.63) is 0 Å². The zero-order valence-corrected chi connectivity index (χ0v) is 9.13.